The number of carbonyl (C=O) groups is 1. The molecule has 1 fully saturated rings. The summed E-state index contributed by atoms with van der Waals surface area (Å²) < 4.78 is 34.9. The molecule has 2 heterocycles. The Kier molecular flexibility index (Phi) is 8.44. The maximum atomic E-state index is 14.7. The highest BCUT2D eigenvalue weighted by Gasteiger charge is 2.33. The van der Waals surface area contributed by atoms with Crippen molar-refractivity contribution in [2.24, 2.45) is 13.0 Å². The molecule has 1 saturated heterocycles. The van der Waals surface area contributed by atoms with Gasteiger partial charge in [-0.3, -0.25) is 4.68 Å². The van der Waals surface area contributed by atoms with Crippen LogP contribution in [-0.4, -0.2) is 52.6 Å². The van der Waals surface area contributed by atoms with Crippen LogP contribution in [0, 0.1) is 5.92 Å². The van der Waals surface area contributed by atoms with Crippen LogP contribution in [0.2, 0.25) is 0 Å². The Balaban J connectivity index is 1.66. The van der Waals surface area contributed by atoms with Gasteiger partial charge in [-0.2, -0.15) is 5.10 Å². The fraction of sp³-hybridized carbons (Fsp3) is 0.565. The van der Waals surface area contributed by atoms with Crippen LogP contribution in [0.15, 0.2) is 30.3 Å². The molecule has 0 bridgehead atoms. The molecule has 0 saturated carbocycles. The lowest BCUT2D eigenvalue weighted by molar-refractivity contribution is 0.0962. The Bertz CT molecular complexity index is 872. The average Bonchev–Trinajstić information content (AvgIpc) is 3.15. The van der Waals surface area contributed by atoms with E-state index in [4.69, 9.17) is 4.74 Å². The van der Waals surface area contributed by atoms with Crippen molar-refractivity contribution in [2.75, 3.05) is 19.7 Å². The fourth-order valence-corrected chi connectivity index (χ4v) is 3.69. The van der Waals surface area contributed by atoms with Crippen LogP contribution >= 0.6 is 0 Å². The molecular weight excluding hydrogens is 416 g/mol. The van der Waals surface area contributed by atoms with Crippen LogP contribution in [0.5, 0.6) is 5.75 Å². The predicted octanol–water partition coefficient (Wildman–Crippen LogP) is 3.34. The number of hydrogen-bond acceptors (Lipinski definition) is 4. The number of piperidine rings is 1. The quantitative estimate of drug-likeness (QED) is 0.616. The predicted molar refractivity (Wildman–Crippen MR) is 119 cm³/mol. The van der Waals surface area contributed by atoms with E-state index in [0.717, 1.165) is 11.3 Å². The number of ether oxygens (including phenoxy) is 1. The van der Waals surface area contributed by atoms with Gasteiger partial charge in [0.15, 0.2) is 0 Å². The number of rotatable bonds is 9. The Labute approximate surface area is 188 Å². The second-order valence-corrected chi connectivity index (χ2v) is 8.60. The molecule has 9 heteroatoms. The summed E-state index contributed by atoms with van der Waals surface area (Å²) in [6.45, 7) is 5.42. The molecule has 3 rings (SSSR count). The lowest BCUT2D eigenvalue weighted by Crippen LogP contribution is -2.55. The van der Waals surface area contributed by atoms with E-state index in [-0.39, 0.29) is 19.1 Å². The molecule has 0 spiro atoms. The second kappa shape index (κ2) is 11.3. The number of urea groups is 1. The van der Waals surface area contributed by atoms with E-state index in [2.05, 4.69) is 29.6 Å². The van der Waals surface area contributed by atoms with Crippen molar-refractivity contribution in [3.63, 3.8) is 0 Å². The molecule has 2 aromatic rings. The van der Waals surface area contributed by atoms with Crippen LogP contribution in [0.4, 0.5) is 13.6 Å². The van der Waals surface area contributed by atoms with Crippen molar-refractivity contribution in [3.05, 3.63) is 47.3 Å². The van der Waals surface area contributed by atoms with Crippen molar-refractivity contribution < 1.29 is 18.3 Å². The third-order valence-corrected chi connectivity index (χ3v) is 5.48. The standard InChI is InChI=1S/C23H33F2N5O2/c1-16(2)15-32-20-6-4-17(5-7-20)12-27-23(31)30(22-8-9-26-13-21(22)25)14-18-10-19(11-24)29(3)28-18/h4-7,10,16,21-22,26H,8-9,11-15H2,1-3H3,(H,27,31)/t21-,22+/m1/s1. The summed E-state index contributed by atoms with van der Waals surface area (Å²) in [6, 6.07) is 8.22. The molecule has 1 aromatic heterocycles. The van der Waals surface area contributed by atoms with Gasteiger partial charge < -0.3 is 20.3 Å². The van der Waals surface area contributed by atoms with E-state index >= 15 is 0 Å². The van der Waals surface area contributed by atoms with Crippen molar-refractivity contribution >= 4 is 6.03 Å². The molecule has 32 heavy (non-hydrogen) atoms. The van der Waals surface area contributed by atoms with Crippen LogP contribution in [0.3, 0.4) is 0 Å². The minimum absolute atomic E-state index is 0.118. The Morgan fingerprint density at radius 2 is 2.12 bits per heavy atom. The first-order valence-corrected chi connectivity index (χ1v) is 11.1. The normalized spacial score (nSPS) is 18.6. The van der Waals surface area contributed by atoms with E-state index in [9.17, 15) is 13.6 Å². The summed E-state index contributed by atoms with van der Waals surface area (Å²) in [5, 5.41) is 10.2. The van der Waals surface area contributed by atoms with Crippen molar-refractivity contribution in [1.29, 1.82) is 0 Å². The van der Waals surface area contributed by atoms with Crippen LogP contribution < -0.4 is 15.4 Å². The van der Waals surface area contributed by atoms with Gasteiger partial charge in [-0.1, -0.05) is 26.0 Å². The highest BCUT2D eigenvalue weighted by molar-refractivity contribution is 5.74. The van der Waals surface area contributed by atoms with Gasteiger partial charge in [-0.15, -0.1) is 0 Å². The zero-order valence-corrected chi connectivity index (χ0v) is 19.0. The Morgan fingerprint density at radius 3 is 2.75 bits per heavy atom. The number of carbonyl (C=O) groups excluding carboxylic acids is 1. The summed E-state index contributed by atoms with van der Waals surface area (Å²) in [5.41, 5.74) is 1.87. The third kappa shape index (κ3) is 6.41. The van der Waals surface area contributed by atoms with Crippen LogP contribution in [0.1, 0.15) is 37.2 Å². The lowest BCUT2D eigenvalue weighted by Gasteiger charge is -2.36. The number of amides is 2. The minimum Gasteiger partial charge on any atom is -0.493 e. The summed E-state index contributed by atoms with van der Waals surface area (Å²) in [6.07, 6.45) is -0.685. The molecule has 1 aliphatic rings. The minimum atomic E-state index is -1.18. The molecule has 7 nitrogen and oxygen atoms in total. The first kappa shape index (κ1) is 24.0. The van der Waals surface area contributed by atoms with Gasteiger partial charge in [-0.25, -0.2) is 13.6 Å². The first-order valence-electron chi connectivity index (χ1n) is 11.1. The van der Waals surface area contributed by atoms with Crippen LogP contribution in [0.25, 0.3) is 0 Å². The fourth-order valence-electron chi connectivity index (χ4n) is 3.69. The average molecular weight is 450 g/mol. The summed E-state index contributed by atoms with van der Waals surface area (Å²) in [4.78, 5) is 14.5. The maximum Gasteiger partial charge on any atom is 0.318 e. The first-order chi connectivity index (χ1) is 15.4. The SMILES string of the molecule is CC(C)COc1ccc(CNC(=O)N(Cc2cc(CF)n(C)n2)[C@H]2CCNC[C@H]2F)cc1. The highest BCUT2D eigenvalue weighted by Crippen LogP contribution is 2.20. The Hall–Kier alpha value is -2.68. The molecule has 2 amide bonds. The van der Waals surface area contributed by atoms with Gasteiger partial charge >= 0.3 is 6.03 Å². The molecule has 176 valence electrons. The van der Waals surface area contributed by atoms with E-state index in [1.54, 1.807) is 13.1 Å². The zero-order valence-electron chi connectivity index (χ0n) is 19.0. The highest BCUT2D eigenvalue weighted by atomic mass is 19.1. The molecular formula is C23H33F2N5O2. The van der Waals surface area contributed by atoms with Crippen molar-refractivity contribution in [2.45, 2.75) is 52.2 Å². The number of nitrogens with one attached hydrogen (secondary N) is 2. The van der Waals surface area contributed by atoms with E-state index < -0.39 is 18.9 Å². The second-order valence-electron chi connectivity index (χ2n) is 8.60. The zero-order chi connectivity index (χ0) is 23.1. The molecule has 1 aliphatic heterocycles. The monoisotopic (exact) mass is 449 g/mol. The maximum absolute atomic E-state index is 14.7. The molecule has 0 aliphatic carbocycles. The Morgan fingerprint density at radius 1 is 1.38 bits per heavy atom. The number of halogens is 2. The number of nitrogens with zero attached hydrogens (tertiary/aromatic N) is 3. The van der Waals surface area contributed by atoms with Gasteiger partial charge in [-0.05, 0) is 42.6 Å². The van der Waals surface area contributed by atoms with Gasteiger partial charge in [0.05, 0.1) is 30.6 Å². The molecule has 2 N–H and O–H groups in total. The number of alkyl halides is 2. The van der Waals surface area contributed by atoms with E-state index in [1.807, 2.05) is 24.3 Å². The molecule has 0 radical (unpaired) electrons. The summed E-state index contributed by atoms with van der Waals surface area (Å²) in [5.74, 6) is 1.22. The number of benzene rings is 1. The smallest absolute Gasteiger partial charge is 0.318 e. The third-order valence-electron chi connectivity index (χ3n) is 5.48. The number of aryl methyl sites for hydroxylation is 1. The lowest BCUT2D eigenvalue weighted by atomic mass is 10.0. The summed E-state index contributed by atoms with van der Waals surface area (Å²) >= 11 is 0. The van der Waals surface area contributed by atoms with Gasteiger partial charge in [0.1, 0.15) is 18.6 Å². The molecule has 1 aromatic carbocycles. The van der Waals surface area contributed by atoms with Gasteiger partial charge in [0.2, 0.25) is 0 Å². The van der Waals surface area contributed by atoms with Crippen molar-refractivity contribution in [1.82, 2.24) is 25.3 Å². The van der Waals surface area contributed by atoms with E-state index in [0.29, 0.717) is 43.4 Å². The molecule has 0 unspecified atom stereocenters. The van der Waals surface area contributed by atoms with Crippen LogP contribution in [-0.2, 0) is 26.8 Å². The van der Waals surface area contributed by atoms with Gasteiger partial charge in [0, 0.05) is 20.1 Å². The number of aromatic nitrogens is 2. The van der Waals surface area contributed by atoms with E-state index in [1.165, 1.54) is 9.58 Å². The van der Waals surface area contributed by atoms with Crippen molar-refractivity contribution in [3.8, 4) is 5.75 Å². The van der Waals surface area contributed by atoms with Gasteiger partial charge in [0.25, 0.3) is 0 Å². The topological polar surface area (TPSA) is 71.4 Å². The summed E-state index contributed by atoms with van der Waals surface area (Å²) in [7, 11) is 1.65. The largest absolute Gasteiger partial charge is 0.493 e. The number of hydrogen-bond donors (Lipinski definition) is 2. The molecule has 2 atom stereocenters.